The third-order valence-electron chi connectivity index (χ3n) is 5.47. The quantitative estimate of drug-likeness (QED) is 0.0918. The zero-order valence-electron chi connectivity index (χ0n) is 21.6. The Morgan fingerprint density at radius 3 is 2.42 bits per heavy atom. The molecule has 0 N–H and O–H groups in total. The molecule has 1 fully saturated rings. The van der Waals surface area contributed by atoms with Gasteiger partial charge in [0.25, 0.3) is 0 Å². The molecule has 0 bridgehead atoms. The molecule has 0 amide bonds. The van der Waals surface area contributed by atoms with Crippen LogP contribution >= 0.6 is 22.6 Å². The fourth-order valence-corrected chi connectivity index (χ4v) is 4.20. The molecule has 4 atom stereocenters. The number of allylic oxidation sites excluding steroid dienone is 5. The minimum atomic E-state index is -0.592. The van der Waals surface area contributed by atoms with Gasteiger partial charge in [-0.1, -0.05) is 72.0 Å². The van der Waals surface area contributed by atoms with E-state index >= 15 is 0 Å². The average Bonchev–Trinajstić information content (AvgIpc) is 2.72. The van der Waals surface area contributed by atoms with Gasteiger partial charge in [0.1, 0.15) is 0 Å². The number of methoxy groups -OCH3 is 1. The van der Waals surface area contributed by atoms with E-state index in [0.717, 1.165) is 10.8 Å². The molecule has 0 aliphatic carbocycles. The van der Waals surface area contributed by atoms with Crippen LogP contribution in [0.1, 0.15) is 61.3 Å². The Labute approximate surface area is 214 Å². The third-order valence-corrected chi connectivity index (χ3v) is 5.91. The maximum Gasteiger partial charge on any atom is 0.311 e. The summed E-state index contributed by atoms with van der Waals surface area (Å²) >= 11 is 2.36. The molecule has 0 aromatic heterocycles. The lowest BCUT2D eigenvalue weighted by Gasteiger charge is -2.45. The van der Waals surface area contributed by atoms with Crippen LogP contribution in [0, 0.1) is 11.3 Å². The molecule has 0 spiro atoms. The maximum atomic E-state index is 11.8. The van der Waals surface area contributed by atoms with Gasteiger partial charge < -0.3 is 18.9 Å². The fourth-order valence-electron chi connectivity index (χ4n) is 3.50. The number of carbonyl (C=O) groups is 1. The Hall–Kier alpha value is -0.960. The Morgan fingerprint density at radius 2 is 1.82 bits per heavy atom. The molecule has 6 heteroatoms. The van der Waals surface area contributed by atoms with Gasteiger partial charge in [0.05, 0.1) is 30.3 Å². The van der Waals surface area contributed by atoms with Gasteiger partial charge in [0, 0.05) is 23.9 Å². The van der Waals surface area contributed by atoms with Crippen molar-refractivity contribution in [2.75, 3.05) is 18.1 Å². The molecule has 33 heavy (non-hydrogen) atoms. The highest BCUT2D eigenvalue weighted by Gasteiger charge is 2.40. The van der Waals surface area contributed by atoms with Gasteiger partial charge in [-0.2, -0.15) is 0 Å². The molecule has 0 saturated carbocycles. The average molecular weight is 575 g/mol. The summed E-state index contributed by atoms with van der Waals surface area (Å²) < 4.78 is 24.1. The molecule has 188 valence electrons. The van der Waals surface area contributed by atoms with Crippen molar-refractivity contribution >= 4 is 28.6 Å². The summed E-state index contributed by atoms with van der Waals surface area (Å²) in [6.07, 6.45) is 15.8. The Kier molecular flexibility index (Phi) is 13.2. The van der Waals surface area contributed by atoms with Crippen molar-refractivity contribution in [1.29, 1.82) is 0 Å². The molecular formula is C27H43IO5. The van der Waals surface area contributed by atoms with Gasteiger partial charge in [0.2, 0.25) is 0 Å². The normalized spacial score (nSPS) is 25.2. The van der Waals surface area contributed by atoms with E-state index in [4.69, 9.17) is 18.9 Å². The summed E-state index contributed by atoms with van der Waals surface area (Å²) in [5.41, 5.74) is 0.788. The van der Waals surface area contributed by atoms with Crippen molar-refractivity contribution in [3.8, 4) is 0 Å². The summed E-state index contributed by atoms with van der Waals surface area (Å²) in [6.45, 7) is 14.2. The molecule has 1 heterocycles. The van der Waals surface area contributed by atoms with E-state index in [9.17, 15) is 4.79 Å². The van der Waals surface area contributed by atoms with Crippen LogP contribution in [0.5, 0.6) is 0 Å². The minimum absolute atomic E-state index is 0.0778. The summed E-state index contributed by atoms with van der Waals surface area (Å²) in [7, 11) is 1.66. The highest BCUT2D eigenvalue weighted by atomic mass is 127. The standard InChI is InChI=1S/C27H43IO5/c1-20(16-18-28)24-21(2)23(32-27(6,7)33-24)15-13-11-9-10-12-14-22(30-8)17-19-31-25(29)26(3,4)5/h9-14,16,21-24H,15,17-19H2,1-8H3/b10-9+,13-11+,14-12+,20-16-/t21-,22-,23-,24-/m0/s1. The largest absolute Gasteiger partial charge is 0.465 e. The number of hydrogen-bond acceptors (Lipinski definition) is 5. The van der Waals surface area contributed by atoms with Gasteiger partial charge in [-0.15, -0.1) is 0 Å². The van der Waals surface area contributed by atoms with Crippen LogP contribution in [-0.2, 0) is 23.7 Å². The van der Waals surface area contributed by atoms with E-state index in [1.807, 2.05) is 65.0 Å². The van der Waals surface area contributed by atoms with Crippen molar-refractivity contribution in [1.82, 2.24) is 0 Å². The molecule has 0 radical (unpaired) electrons. The van der Waals surface area contributed by atoms with E-state index in [-0.39, 0.29) is 30.2 Å². The first-order chi connectivity index (χ1) is 15.4. The van der Waals surface area contributed by atoms with Crippen LogP contribution in [0.25, 0.3) is 0 Å². The van der Waals surface area contributed by atoms with E-state index < -0.39 is 11.2 Å². The van der Waals surface area contributed by atoms with Crippen molar-refractivity contribution in [3.05, 3.63) is 48.1 Å². The monoisotopic (exact) mass is 574 g/mol. The highest BCUT2D eigenvalue weighted by Crippen LogP contribution is 2.35. The molecule has 0 aromatic carbocycles. The van der Waals surface area contributed by atoms with Crippen LogP contribution in [0.2, 0.25) is 0 Å². The maximum absolute atomic E-state index is 11.8. The lowest BCUT2D eigenvalue weighted by atomic mass is 9.89. The number of esters is 1. The highest BCUT2D eigenvalue weighted by molar-refractivity contribution is 14.1. The van der Waals surface area contributed by atoms with Crippen LogP contribution in [-0.4, -0.2) is 48.2 Å². The lowest BCUT2D eigenvalue weighted by Crippen LogP contribution is -2.50. The fraction of sp³-hybridized carbons (Fsp3) is 0.667. The number of rotatable bonds is 11. The smallest absolute Gasteiger partial charge is 0.311 e. The molecular weight excluding hydrogens is 531 g/mol. The summed E-state index contributed by atoms with van der Waals surface area (Å²) in [6, 6.07) is 0. The number of alkyl halides is 1. The minimum Gasteiger partial charge on any atom is -0.465 e. The van der Waals surface area contributed by atoms with Gasteiger partial charge >= 0.3 is 5.97 Å². The number of carbonyl (C=O) groups excluding carboxylic acids is 1. The van der Waals surface area contributed by atoms with Crippen LogP contribution in [0.15, 0.2) is 48.1 Å². The van der Waals surface area contributed by atoms with Gasteiger partial charge in [-0.05, 0) is 53.5 Å². The zero-order chi connectivity index (χ0) is 25.1. The first kappa shape index (κ1) is 30.1. The van der Waals surface area contributed by atoms with E-state index in [2.05, 4.69) is 48.6 Å². The zero-order valence-corrected chi connectivity index (χ0v) is 23.8. The Bertz CT molecular complexity index is 715. The SMILES string of the molecule is CO[C@@H](/C=C/C=C/C=C/C[C@@H]1OC(C)(C)O[C@@H](/C(C)=C\CI)[C@H]1C)CCOC(=O)C(C)(C)C. The molecule has 0 unspecified atom stereocenters. The summed E-state index contributed by atoms with van der Waals surface area (Å²) in [5, 5.41) is 0. The number of ether oxygens (including phenoxy) is 4. The predicted octanol–water partition coefficient (Wildman–Crippen LogP) is 6.58. The second-order valence-corrected chi connectivity index (χ2v) is 10.8. The molecule has 1 saturated heterocycles. The van der Waals surface area contributed by atoms with Crippen LogP contribution < -0.4 is 0 Å². The summed E-state index contributed by atoms with van der Waals surface area (Å²) in [5.74, 6) is -0.508. The van der Waals surface area contributed by atoms with Crippen LogP contribution in [0.4, 0.5) is 0 Å². The molecule has 1 aliphatic rings. The molecule has 1 aliphatic heterocycles. The predicted molar refractivity (Wildman–Crippen MR) is 143 cm³/mol. The van der Waals surface area contributed by atoms with Crippen molar-refractivity contribution in [2.45, 2.75) is 85.4 Å². The number of hydrogen-bond donors (Lipinski definition) is 0. The van der Waals surface area contributed by atoms with Gasteiger partial charge in [-0.25, -0.2) is 0 Å². The number of halogens is 1. The van der Waals surface area contributed by atoms with Gasteiger partial charge in [-0.3, -0.25) is 4.79 Å². The Morgan fingerprint density at radius 1 is 1.15 bits per heavy atom. The van der Waals surface area contributed by atoms with Crippen LogP contribution in [0.3, 0.4) is 0 Å². The van der Waals surface area contributed by atoms with Gasteiger partial charge in [0.15, 0.2) is 5.79 Å². The molecule has 5 nitrogen and oxygen atoms in total. The van der Waals surface area contributed by atoms with Crippen molar-refractivity contribution in [3.63, 3.8) is 0 Å². The Balaban J connectivity index is 2.52. The first-order valence-corrected chi connectivity index (χ1v) is 13.2. The molecule has 0 aromatic rings. The topological polar surface area (TPSA) is 54.0 Å². The van der Waals surface area contributed by atoms with Crippen molar-refractivity contribution in [2.24, 2.45) is 11.3 Å². The van der Waals surface area contributed by atoms with E-state index in [0.29, 0.717) is 13.0 Å². The van der Waals surface area contributed by atoms with Crippen molar-refractivity contribution < 1.29 is 23.7 Å². The lowest BCUT2D eigenvalue weighted by molar-refractivity contribution is -0.310. The first-order valence-electron chi connectivity index (χ1n) is 11.7. The van der Waals surface area contributed by atoms with E-state index in [1.54, 1.807) is 7.11 Å². The molecule has 1 rings (SSSR count). The third kappa shape index (κ3) is 11.3. The second-order valence-electron chi connectivity index (χ2n) is 9.94. The van der Waals surface area contributed by atoms with E-state index in [1.165, 1.54) is 5.57 Å². The second kappa shape index (κ2) is 14.4. The summed E-state index contributed by atoms with van der Waals surface area (Å²) in [4.78, 5) is 11.8.